The molecule has 112 valence electrons. The fourth-order valence-corrected chi connectivity index (χ4v) is 1.88. The number of hydrogen-bond acceptors (Lipinski definition) is 3. The van der Waals surface area contributed by atoms with Crippen LogP contribution in [-0.4, -0.2) is 37.3 Å². The van der Waals surface area contributed by atoms with E-state index >= 15 is 0 Å². The average Bonchev–Trinajstić information content (AvgIpc) is 2.38. The van der Waals surface area contributed by atoms with Crippen LogP contribution in [0.4, 0.5) is 10.1 Å². The molecule has 0 saturated heterocycles. The fraction of sp³-hybridized carbons (Fsp3) is 0.533. The Bertz CT molecular complexity index is 477. The van der Waals surface area contributed by atoms with Gasteiger partial charge in [0.05, 0.1) is 5.56 Å². The average molecular weight is 282 g/mol. The molecule has 1 amide bonds. The van der Waals surface area contributed by atoms with E-state index in [9.17, 15) is 9.18 Å². The van der Waals surface area contributed by atoms with Crippen molar-refractivity contribution in [3.63, 3.8) is 0 Å². The van der Waals surface area contributed by atoms with E-state index in [0.717, 1.165) is 0 Å². The zero-order valence-corrected chi connectivity index (χ0v) is 12.5. The topological polar surface area (TPSA) is 52.6 Å². The zero-order chi connectivity index (χ0) is 15.3. The number of carbonyl (C=O) groups is 1. The van der Waals surface area contributed by atoms with Gasteiger partial charge in [-0.15, -0.1) is 0 Å². The van der Waals surface area contributed by atoms with Gasteiger partial charge in [-0.3, -0.25) is 4.79 Å². The summed E-state index contributed by atoms with van der Waals surface area (Å²) >= 11 is 0. The van der Waals surface area contributed by atoms with Crippen LogP contribution in [0.25, 0.3) is 0 Å². The molecule has 0 spiro atoms. The number of rotatable bonds is 6. The summed E-state index contributed by atoms with van der Waals surface area (Å²) in [6.45, 7) is 3.74. The molecule has 0 bridgehead atoms. The van der Waals surface area contributed by atoms with E-state index in [1.807, 2.05) is 27.9 Å². The first-order valence-electron chi connectivity index (χ1n) is 6.73. The van der Waals surface area contributed by atoms with Crippen LogP contribution < -0.4 is 10.2 Å². The van der Waals surface area contributed by atoms with Crippen LogP contribution in [0, 0.1) is 5.82 Å². The van der Waals surface area contributed by atoms with Crippen LogP contribution >= 0.6 is 0 Å². The predicted octanol–water partition coefficient (Wildman–Crippen LogP) is 2.17. The van der Waals surface area contributed by atoms with Gasteiger partial charge < -0.3 is 15.3 Å². The second-order valence-electron chi connectivity index (χ2n) is 5.40. The van der Waals surface area contributed by atoms with Crippen LogP contribution in [0.15, 0.2) is 18.2 Å². The monoisotopic (exact) mass is 282 g/mol. The molecular weight excluding hydrogens is 259 g/mol. The van der Waals surface area contributed by atoms with Crippen LogP contribution in [0.5, 0.6) is 0 Å². The summed E-state index contributed by atoms with van der Waals surface area (Å²) in [5.74, 6) is -0.998. The zero-order valence-electron chi connectivity index (χ0n) is 12.5. The summed E-state index contributed by atoms with van der Waals surface area (Å²) in [6.07, 6.45) is 1.10. The number of anilines is 1. The van der Waals surface area contributed by atoms with Crippen LogP contribution in [0.1, 0.15) is 37.0 Å². The van der Waals surface area contributed by atoms with Crippen molar-refractivity contribution in [1.29, 1.82) is 0 Å². The van der Waals surface area contributed by atoms with Gasteiger partial charge in [0.1, 0.15) is 5.82 Å². The van der Waals surface area contributed by atoms with E-state index in [1.165, 1.54) is 12.1 Å². The number of benzene rings is 1. The largest absolute Gasteiger partial charge is 0.396 e. The van der Waals surface area contributed by atoms with Gasteiger partial charge in [0.25, 0.3) is 5.91 Å². The lowest BCUT2D eigenvalue weighted by atomic mass is 9.94. The van der Waals surface area contributed by atoms with E-state index in [4.69, 9.17) is 5.11 Å². The Morgan fingerprint density at radius 2 is 2.10 bits per heavy atom. The number of aliphatic hydroxyl groups is 1. The molecule has 1 aromatic carbocycles. The van der Waals surface area contributed by atoms with Gasteiger partial charge in [-0.2, -0.15) is 0 Å². The molecule has 0 fully saturated rings. The maximum absolute atomic E-state index is 14.0. The number of halogens is 1. The second-order valence-corrected chi connectivity index (χ2v) is 5.40. The smallest absolute Gasteiger partial charge is 0.254 e. The fourth-order valence-electron chi connectivity index (χ4n) is 1.88. The lowest BCUT2D eigenvalue weighted by Gasteiger charge is -2.29. The van der Waals surface area contributed by atoms with Gasteiger partial charge in [-0.1, -0.05) is 6.92 Å². The number of nitrogens with zero attached hydrogens (tertiary/aromatic N) is 1. The second kappa shape index (κ2) is 6.70. The summed E-state index contributed by atoms with van der Waals surface area (Å²) in [5.41, 5.74) is 0.194. The lowest BCUT2D eigenvalue weighted by Crippen LogP contribution is -2.46. The third-order valence-corrected chi connectivity index (χ3v) is 3.57. The number of amides is 1. The lowest BCUT2D eigenvalue weighted by molar-refractivity contribution is 0.0882. The van der Waals surface area contributed by atoms with Gasteiger partial charge in [-0.25, -0.2) is 4.39 Å². The molecule has 5 heteroatoms. The molecular formula is C15H23FN2O2. The molecule has 2 N–H and O–H groups in total. The van der Waals surface area contributed by atoms with Crippen LogP contribution in [-0.2, 0) is 0 Å². The molecule has 4 nitrogen and oxygen atoms in total. The summed E-state index contributed by atoms with van der Waals surface area (Å²) in [6, 6.07) is 4.52. The van der Waals surface area contributed by atoms with Crippen molar-refractivity contribution in [3.8, 4) is 0 Å². The third-order valence-electron chi connectivity index (χ3n) is 3.57. The third kappa shape index (κ3) is 3.93. The Hall–Kier alpha value is -1.62. The molecule has 0 aliphatic rings. The Morgan fingerprint density at radius 3 is 2.55 bits per heavy atom. The van der Waals surface area contributed by atoms with E-state index < -0.39 is 17.3 Å². The molecule has 0 aromatic heterocycles. The summed E-state index contributed by atoms with van der Waals surface area (Å²) in [7, 11) is 3.62. The Balaban J connectivity index is 2.92. The van der Waals surface area contributed by atoms with Crippen molar-refractivity contribution in [1.82, 2.24) is 5.32 Å². The van der Waals surface area contributed by atoms with Gasteiger partial charge in [0.15, 0.2) is 0 Å². The number of nitrogens with one attached hydrogen (secondary N) is 1. The van der Waals surface area contributed by atoms with E-state index in [0.29, 0.717) is 18.5 Å². The van der Waals surface area contributed by atoms with Crippen LogP contribution in [0.3, 0.4) is 0 Å². The molecule has 0 heterocycles. The molecule has 1 rings (SSSR count). The Labute approximate surface area is 119 Å². The molecule has 1 atom stereocenters. The van der Waals surface area contributed by atoms with Crippen LogP contribution in [0.2, 0.25) is 0 Å². The molecule has 20 heavy (non-hydrogen) atoms. The van der Waals surface area contributed by atoms with E-state index in [1.54, 1.807) is 11.0 Å². The van der Waals surface area contributed by atoms with Gasteiger partial charge in [0, 0.05) is 31.9 Å². The molecule has 1 aromatic rings. The number of carbonyl (C=O) groups excluding carboxylic acids is 1. The van der Waals surface area contributed by atoms with Crippen molar-refractivity contribution in [2.45, 2.75) is 32.2 Å². The maximum atomic E-state index is 14.0. The van der Waals surface area contributed by atoms with Crippen molar-refractivity contribution in [3.05, 3.63) is 29.6 Å². The van der Waals surface area contributed by atoms with Gasteiger partial charge in [0.2, 0.25) is 0 Å². The highest BCUT2D eigenvalue weighted by Crippen LogP contribution is 2.19. The minimum Gasteiger partial charge on any atom is -0.396 e. The highest BCUT2D eigenvalue weighted by atomic mass is 19.1. The first-order chi connectivity index (χ1) is 9.33. The molecule has 0 aliphatic heterocycles. The normalized spacial score (nSPS) is 13.7. The van der Waals surface area contributed by atoms with Crippen molar-refractivity contribution < 1.29 is 14.3 Å². The molecule has 0 radical (unpaired) electrons. The predicted molar refractivity (Wildman–Crippen MR) is 78.6 cm³/mol. The van der Waals surface area contributed by atoms with Crippen molar-refractivity contribution in [2.24, 2.45) is 0 Å². The first kappa shape index (κ1) is 16.4. The molecule has 0 unspecified atom stereocenters. The number of aliphatic hydroxyl groups excluding tert-OH is 1. The minimum atomic E-state index is -0.545. The quantitative estimate of drug-likeness (QED) is 0.841. The molecule has 0 saturated carbocycles. The Morgan fingerprint density at radius 1 is 1.45 bits per heavy atom. The standard InChI is InChI=1S/C15H23FN2O2/c1-5-15(2,8-9-19)17-14(20)12-7-6-11(18(3)4)10-13(12)16/h6-7,10,19H,5,8-9H2,1-4H3,(H,17,20)/t15-/m1/s1. The maximum Gasteiger partial charge on any atom is 0.254 e. The highest BCUT2D eigenvalue weighted by Gasteiger charge is 2.25. The Kier molecular flexibility index (Phi) is 5.51. The van der Waals surface area contributed by atoms with Crippen molar-refractivity contribution in [2.75, 3.05) is 25.6 Å². The number of hydrogen-bond donors (Lipinski definition) is 2. The summed E-state index contributed by atoms with van der Waals surface area (Å²) in [4.78, 5) is 13.9. The van der Waals surface area contributed by atoms with Crippen molar-refractivity contribution >= 4 is 11.6 Å². The van der Waals surface area contributed by atoms with E-state index in [-0.39, 0.29) is 12.2 Å². The van der Waals surface area contributed by atoms with Gasteiger partial charge >= 0.3 is 0 Å². The SMILES string of the molecule is CC[C@](C)(CCO)NC(=O)c1ccc(N(C)C)cc1F. The highest BCUT2D eigenvalue weighted by molar-refractivity contribution is 5.95. The van der Waals surface area contributed by atoms with Gasteiger partial charge in [-0.05, 0) is 38.0 Å². The summed E-state index contributed by atoms with van der Waals surface area (Å²) < 4.78 is 14.0. The molecule has 0 aliphatic carbocycles. The van der Waals surface area contributed by atoms with E-state index in [2.05, 4.69) is 5.32 Å². The minimum absolute atomic E-state index is 0.0212. The summed E-state index contributed by atoms with van der Waals surface area (Å²) in [5, 5.41) is 11.8. The first-order valence-corrected chi connectivity index (χ1v) is 6.73.